The van der Waals surface area contributed by atoms with Crippen molar-refractivity contribution in [1.82, 2.24) is 0 Å². The van der Waals surface area contributed by atoms with Gasteiger partial charge in [0.25, 0.3) is 0 Å². The quantitative estimate of drug-likeness (QED) is 0.581. The van der Waals surface area contributed by atoms with Gasteiger partial charge in [-0.05, 0) is 26.8 Å². The molecule has 0 aromatic carbocycles. The van der Waals surface area contributed by atoms with Crippen LogP contribution in [0.4, 0.5) is 13.2 Å². The zero-order valence-electron chi connectivity index (χ0n) is 10.3. The number of ether oxygens (including phenoxy) is 3. The van der Waals surface area contributed by atoms with Gasteiger partial charge in [-0.3, -0.25) is 0 Å². The molecule has 7 heteroatoms. The lowest BCUT2D eigenvalue weighted by Gasteiger charge is -2.16. The van der Waals surface area contributed by atoms with Crippen LogP contribution in [-0.2, 0) is 19.0 Å². The summed E-state index contributed by atoms with van der Waals surface area (Å²) >= 11 is 0. The molecule has 0 amide bonds. The van der Waals surface area contributed by atoms with Gasteiger partial charge in [-0.2, -0.15) is 13.2 Å². The monoisotopic (exact) mass is 268 g/mol. The van der Waals surface area contributed by atoms with Gasteiger partial charge in [0, 0.05) is 0 Å². The molecule has 1 rings (SSSR count). The van der Waals surface area contributed by atoms with Gasteiger partial charge in [0.1, 0.15) is 11.7 Å². The minimum absolute atomic E-state index is 0.0357. The normalized spacial score (nSPS) is 24.1. The Labute approximate surface area is 103 Å². The minimum Gasteiger partial charge on any atom is -0.462 e. The summed E-state index contributed by atoms with van der Waals surface area (Å²) in [6, 6.07) is 0. The fraction of sp³-hybridized carbons (Fsp3) is 0.727. The van der Waals surface area contributed by atoms with Crippen molar-refractivity contribution in [2.24, 2.45) is 0 Å². The van der Waals surface area contributed by atoms with E-state index in [0.717, 1.165) is 0 Å². The van der Waals surface area contributed by atoms with Crippen molar-refractivity contribution in [3.63, 3.8) is 0 Å². The Morgan fingerprint density at radius 1 is 1.50 bits per heavy atom. The number of esters is 1. The fourth-order valence-electron chi connectivity index (χ4n) is 1.47. The first kappa shape index (κ1) is 15.0. The van der Waals surface area contributed by atoms with Crippen molar-refractivity contribution in [3.05, 3.63) is 11.6 Å². The lowest BCUT2D eigenvalue weighted by Crippen LogP contribution is -2.25. The van der Waals surface area contributed by atoms with Crippen LogP contribution in [0, 0.1) is 0 Å². The highest BCUT2D eigenvalue weighted by atomic mass is 19.4. The number of carbonyl (C=O) groups excluding carboxylic acids is 1. The minimum atomic E-state index is -4.78. The van der Waals surface area contributed by atoms with Crippen molar-refractivity contribution in [3.8, 4) is 0 Å². The second-order valence-corrected chi connectivity index (χ2v) is 4.17. The van der Waals surface area contributed by atoms with Gasteiger partial charge < -0.3 is 14.2 Å². The van der Waals surface area contributed by atoms with Crippen LogP contribution in [0.15, 0.2) is 11.6 Å². The first-order valence-corrected chi connectivity index (χ1v) is 5.43. The SMILES string of the molecule is CCOC(=O)/C(=C\[C@H]1COC(C)(C)O1)C(F)(F)F. The van der Waals surface area contributed by atoms with Crippen LogP contribution in [0.5, 0.6) is 0 Å². The Morgan fingerprint density at radius 2 is 2.11 bits per heavy atom. The number of carbonyl (C=O) groups is 1. The summed E-state index contributed by atoms with van der Waals surface area (Å²) in [7, 11) is 0. The Kier molecular flexibility index (Phi) is 4.39. The molecule has 104 valence electrons. The number of alkyl halides is 3. The van der Waals surface area contributed by atoms with Crippen LogP contribution in [0.2, 0.25) is 0 Å². The molecule has 18 heavy (non-hydrogen) atoms. The van der Waals surface area contributed by atoms with E-state index in [9.17, 15) is 18.0 Å². The maximum atomic E-state index is 12.7. The lowest BCUT2D eigenvalue weighted by atomic mass is 10.2. The molecule has 1 atom stereocenters. The summed E-state index contributed by atoms with van der Waals surface area (Å²) < 4.78 is 52.7. The molecule has 0 aromatic rings. The van der Waals surface area contributed by atoms with Gasteiger partial charge >= 0.3 is 12.1 Å². The summed E-state index contributed by atoms with van der Waals surface area (Å²) in [6.07, 6.45) is -4.99. The Balaban J connectivity index is 2.87. The molecule has 0 N–H and O–H groups in total. The molecule has 1 saturated heterocycles. The van der Waals surface area contributed by atoms with E-state index < -0.39 is 29.6 Å². The second-order valence-electron chi connectivity index (χ2n) is 4.17. The lowest BCUT2D eigenvalue weighted by molar-refractivity contribution is -0.151. The van der Waals surface area contributed by atoms with E-state index in [-0.39, 0.29) is 13.2 Å². The van der Waals surface area contributed by atoms with Gasteiger partial charge in [-0.25, -0.2) is 4.79 Å². The maximum absolute atomic E-state index is 12.7. The van der Waals surface area contributed by atoms with Crippen molar-refractivity contribution in [1.29, 1.82) is 0 Å². The molecule has 0 saturated carbocycles. The first-order valence-electron chi connectivity index (χ1n) is 5.43. The average molecular weight is 268 g/mol. The van der Waals surface area contributed by atoms with E-state index in [0.29, 0.717) is 6.08 Å². The molecule has 0 aromatic heterocycles. The predicted octanol–water partition coefficient (Wildman–Crippen LogP) is 2.19. The zero-order valence-corrected chi connectivity index (χ0v) is 10.3. The summed E-state index contributed by atoms with van der Waals surface area (Å²) in [4.78, 5) is 11.2. The number of hydrogen-bond acceptors (Lipinski definition) is 4. The van der Waals surface area contributed by atoms with Gasteiger partial charge in [0.05, 0.1) is 13.2 Å². The van der Waals surface area contributed by atoms with Crippen LogP contribution >= 0.6 is 0 Å². The van der Waals surface area contributed by atoms with E-state index in [4.69, 9.17) is 9.47 Å². The van der Waals surface area contributed by atoms with Crippen molar-refractivity contribution in [2.45, 2.75) is 38.8 Å². The standard InChI is InChI=1S/C11H15F3O4/c1-4-16-9(15)8(11(12,13)14)5-7-6-17-10(2,3)18-7/h5,7H,4,6H2,1-3H3/b8-5+/t7-/m0/s1. The molecule has 0 bridgehead atoms. The molecular weight excluding hydrogens is 253 g/mol. The molecule has 1 aliphatic rings. The molecule has 4 nitrogen and oxygen atoms in total. The number of rotatable bonds is 3. The molecule has 1 aliphatic heterocycles. The largest absolute Gasteiger partial charge is 0.462 e. The van der Waals surface area contributed by atoms with Gasteiger partial charge in [0.2, 0.25) is 0 Å². The predicted molar refractivity (Wildman–Crippen MR) is 55.7 cm³/mol. The summed E-state index contributed by atoms with van der Waals surface area (Å²) in [5.74, 6) is -2.36. The molecule has 0 unspecified atom stereocenters. The number of halogens is 3. The van der Waals surface area contributed by atoms with Crippen molar-refractivity contribution >= 4 is 5.97 Å². The topological polar surface area (TPSA) is 44.8 Å². The van der Waals surface area contributed by atoms with Crippen LogP contribution in [0.25, 0.3) is 0 Å². The van der Waals surface area contributed by atoms with Gasteiger partial charge in [-0.15, -0.1) is 0 Å². The molecule has 1 fully saturated rings. The van der Waals surface area contributed by atoms with E-state index in [1.807, 2.05) is 0 Å². The second kappa shape index (κ2) is 5.27. The molecular formula is C11H15F3O4. The maximum Gasteiger partial charge on any atom is 0.423 e. The number of hydrogen-bond donors (Lipinski definition) is 0. The van der Waals surface area contributed by atoms with Crippen LogP contribution < -0.4 is 0 Å². The van der Waals surface area contributed by atoms with E-state index in [1.54, 1.807) is 13.8 Å². The van der Waals surface area contributed by atoms with Crippen LogP contribution in [0.1, 0.15) is 20.8 Å². The van der Waals surface area contributed by atoms with Crippen LogP contribution in [0.3, 0.4) is 0 Å². The van der Waals surface area contributed by atoms with Crippen LogP contribution in [-0.4, -0.2) is 37.3 Å². The van der Waals surface area contributed by atoms with Gasteiger partial charge in [0.15, 0.2) is 5.79 Å². The first-order chi connectivity index (χ1) is 8.15. The summed E-state index contributed by atoms with van der Waals surface area (Å²) in [5.41, 5.74) is -1.37. The highest BCUT2D eigenvalue weighted by Gasteiger charge is 2.42. The van der Waals surface area contributed by atoms with E-state index in [1.165, 1.54) is 6.92 Å². The smallest absolute Gasteiger partial charge is 0.423 e. The Bertz CT molecular complexity index is 347. The summed E-state index contributed by atoms with van der Waals surface area (Å²) in [6.45, 7) is 4.44. The van der Waals surface area contributed by atoms with E-state index in [2.05, 4.69) is 4.74 Å². The third-order valence-electron chi connectivity index (χ3n) is 2.18. The highest BCUT2D eigenvalue weighted by Crippen LogP contribution is 2.30. The summed E-state index contributed by atoms with van der Waals surface area (Å²) in [5, 5.41) is 0. The Morgan fingerprint density at radius 3 is 2.50 bits per heavy atom. The molecule has 0 spiro atoms. The molecule has 0 aliphatic carbocycles. The fourth-order valence-corrected chi connectivity index (χ4v) is 1.47. The molecule has 0 radical (unpaired) electrons. The van der Waals surface area contributed by atoms with Gasteiger partial charge in [-0.1, -0.05) is 0 Å². The average Bonchev–Trinajstić information content (AvgIpc) is 2.53. The zero-order chi connectivity index (χ0) is 14.0. The van der Waals surface area contributed by atoms with Crippen molar-refractivity contribution in [2.75, 3.05) is 13.2 Å². The molecule has 1 heterocycles. The van der Waals surface area contributed by atoms with E-state index >= 15 is 0 Å². The van der Waals surface area contributed by atoms with Crippen molar-refractivity contribution < 1.29 is 32.2 Å². The third kappa shape index (κ3) is 3.99. The third-order valence-corrected chi connectivity index (χ3v) is 2.18. The Hall–Kier alpha value is -1.08. The highest BCUT2D eigenvalue weighted by molar-refractivity contribution is 5.90.